The Morgan fingerprint density at radius 3 is 2.63 bits per heavy atom. The van der Waals surface area contributed by atoms with Crippen LogP contribution in [0.15, 0.2) is 48.5 Å². The van der Waals surface area contributed by atoms with Gasteiger partial charge in [0.15, 0.2) is 12.4 Å². The van der Waals surface area contributed by atoms with Crippen LogP contribution in [0.25, 0.3) is 0 Å². The lowest BCUT2D eigenvalue weighted by Gasteiger charge is -2.06. The first kappa shape index (κ1) is 12.8. The second-order valence-corrected chi connectivity index (χ2v) is 3.89. The molecule has 0 bridgehead atoms. The first-order valence-corrected chi connectivity index (χ1v) is 5.67. The summed E-state index contributed by atoms with van der Waals surface area (Å²) in [5, 5.41) is 0. The average molecular weight is 254 g/mol. The van der Waals surface area contributed by atoms with Crippen LogP contribution < -0.4 is 4.74 Å². The molecule has 0 aliphatic heterocycles. The average Bonchev–Trinajstić information content (AvgIpc) is 2.46. The molecule has 2 rings (SSSR count). The maximum atomic E-state index is 12.7. The molecule has 0 unspecified atom stereocenters. The number of carbonyl (C=O) groups excluding carboxylic acids is 1. The Bertz CT molecular complexity index is 624. The van der Waals surface area contributed by atoms with Gasteiger partial charge in [0.05, 0.1) is 0 Å². The minimum Gasteiger partial charge on any atom is -0.485 e. The molecular weight excluding hydrogens is 243 g/mol. The maximum absolute atomic E-state index is 12.7. The number of ketones is 1. The summed E-state index contributed by atoms with van der Waals surface area (Å²) in [6.07, 6.45) is 5.27. The summed E-state index contributed by atoms with van der Waals surface area (Å²) < 4.78 is 18.1. The van der Waals surface area contributed by atoms with Gasteiger partial charge in [0.1, 0.15) is 11.6 Å². The summed E-state index contributed by atoms with van der Waals surface area (Å²) >= 11 is 0. The Kier molecular flexibility index (Phi) is 3.94. The number of halogens is 1. The van der Waals surface area contributed by atoms with E-state index < -0.39 is 0 Å². The number of carbonyl (C=O) groups is 1. The number of hydrogen-bond acceptors (Lipinski definition) is 2. The molecule has 0 aliphatic carbocycles. The van der Waals surface area contributed by atoms with Crippen molar-refractivity contribution in [3.8, 4) is 18.1 Å². The number of hydrogen-bond donors (Lipinski definition) is 0. The lowest BCUT2D eigenvalue weighted by molar-refractivity contribution is 0.0921. The lowest BCUT2D eigenvalue weighted by atomic mass is 10.1. The Labute approximate surface area is 110 Å². The highest BCUT2D eigenvalue weighted by molar-refractivity contribution is 5.97. The van der Waals surface area contributed by atoms with E-state index in [1.54, 1.807) is 24.3 Å². The first-order chi connectivity index (χ1) is 9.19. The van der Waals surface area contributed by atoms with Crippen molar-refractivity contribution in [1.82, 2.24) is 0 Å². The van der Waals surface area contributed by atoms with Crippen LogP contribution in [-0.2, 0) is 0 Å². The molecule has 0 N–H and O–H groups in total. The fraction of sp³-hybridized carbons (Fsp3) is 0.0625. The molecule has 0 aromatic heterocycles. The third-order valence-electron chi connectivity index (χ3n) is 2.54. The highest BCUT2D eigenvalue weighted by atomic mass is 19.1. The molecular formula is C16H11FO2. The molecule has 2 nitrogen and oxygen atoms in total. The topological polar surface area (TPSA) is 26.3 Å². The third kappa shape index (κ3) is 3.43. The van der Waals surface area contributed by atoms with Crippen molar-refractivity contribution in [2.75, 3.05) is 6.61 Å². The van der Waals surface area contributed by atoms with Gasteiger partial charge in [0.25, 0.3) is 0 Å². The van der Waals surface area contributed by atoms with E-state index in [2.05, 4.69) is 5.92 Å². The van der Waals surface area contributed by atoms with Crippen molar-refractivity contribution in [3.63, 3.8) is 0 Å². The van der Waals surface area contributed by atoms with E-state index in [4.69, 9.17) is 11.2 Å². The molecule has 0 spiro atoms. The van der Waals surface area contributed by atoms with Gasteiger partial charge in [0.2, 0.25) is 0 Å². The van der Waals surface area contributed by atoms with E-state index in [9.17, 15) is 9.18 Å². The van der Waals surface area contributed by atoms with Crippen LogP contribution >= 0.6 is 0 Å². The van der Waals surface area contributed by atoms with Crippen LogP contribution in [0.4, 0.5) is 4.39 Å². The van der Waals surface area contributed by atoms with Crippen molar-refractivity contribution in [3.05, 3.63) is 65.5 Å². The normalized spacial score (nSPS) is 9.68. The van der Waals surface area contributed by atoms with E-state index in [1.165, 1.54) is 24.3 Å². The number of terminal acetylenes is 1. The van der Waals surface area contributed by atoms with Gasteiger partial charge in [-0.1, -0.05) is 12.0 Å². The zero-order valence-electron chi connectivity index (χ0n) is 10.1. The summed E-state index contributed by atoms with van der Waals surface area (Å²) in [7, 11) is 0. The summed E-state index contributed by atoms with van der Waals surface area (Å²) in [6.45, 7) is -0.111. The Morgan fingerprint density at radius 1 is 1.21 bits per heavy atom. The summed E-state index contributed by atoms with van der Waals surface area (Å²) in [6, 6.07) is 12.3. The van der Waals surface area contributed by atoms with Gasteiger partial charge >= 0.3 is 0 Å². The zero-order chi connectivity index (χ0) is 13.7. The predicted molar refractivity (Wildman–Crippen MR) is 70.6 cm³/mol. The maximum Gasteiger partial charge on any atom is 0.200 e. The summed E-state index contributed by atoms with van der Waals surface area (Å²) in [5.41, 5.74) is 1.10. The first-order valence-electron chi connectivity index (χ1n) is 5.67. The minimum absolute atomic E-state index is 0.111. The zero-order valence-corrected chi connectivity index (χ0v) is 10.1. The van der Waals surface area contributed by atoms with E-state index in [0.29, 0.717) is 16.9 Å². The molecule has 0 amide bonds. The molecule has 0 saturated heterocycles. The second-order valence-electron chi connectivity index (χ2n) is 3.89. The Morgan fingerprint density at radius 2 is 1.95 bits per heavy atom. The standard InChI is InChI=1S/C16H11FO2/c1-2-12-4-3-5-15(10-12)19-11-16(18)13-6-8-14(17)9-7-13/h1,3-10H,11H2. The molecule has 0 aliphatic rings. The smallest absolute Gasteiger partial charge is 0.200 e. The highest BCUT2D eigenvalue weighted by Crippen LogP contribution is 2.13. The summed E-state index contributed by atoms with van der Waals surface area (Å²) in [5.74, 6) is 2.43. The van der Waals surface area contributed by atoms with E-state index in [-0.39, 0.29) is 18.2 Å². The van der Waals surface area contributed by atoms with Crippen molar-refractivity contribution in [2.24, 2.45) is 0 Å². The van der Waals surface area contributed by atoms with Crippen LogP contribution in [0.2, 0.25) is 0 Å². The molecule has 0 fully saturated rings. The van der Waals surface area contributed by atoms with E-state index in [1.807, 2.05) is 0 Å². The van der Waals surface area contributed by atoms with E-state index >= 15 is 0 Å². The molecule has 0 atom stereocenters. The van der Waals surface area contributed by atoms with Crippen molar-refractivity contribution >= 4 is 5.78 Å². The lowest BCUT2D eigenvalue weighted by Crippen LogP contribution is -2.11. The second kappa shape index (κ2) is 5.83. The molecule has 0 saturated carbocycles. The minimum atomic E-state index is -0.376. The quantitative estimate of drug-likeness (QED) is 0.619. The van der Waals surface area contributed by atoms with Gasteiger partial charge in [-0.2, -0.15) is 0 Å². The monoisotopic (exact) mass is 254 g/mol. The highest BCUT2D eigenvalue weighted by Gasteiger charge is 2.07. The third-order valence-corrected chi connectivity index (χ3v) is 2.54. The molecule has 94 valence electrons. The van der Waals surface area contributed by atoms with Gasteiger partial charge in [-0.15, -0.1) is 6.42 Å². The molecule has 0 heterocycles. The fourth-order valence-electron chi connectivity index (χ4n) is 1.54. The SMILES string of the molecule is C#Cc1cccc(OCC(=O)c2ccc(F)cc2)c1. The number of benzene rings is 2. The number of rotatable bonds is 4. The number of ether oxygens (including phenoxy) is 1. The van der Waals surface area contributed by atoms with Crippen LogP contribution in [0.5, 0.6) is 5.75 Å². The Hall–Kier alpha value is -2.60. The number of Topliss-reactive ketones (excluding diaryl/α,β-unsaturated/α-hetero) is 1. The largest absolute Gasteiger partial charge is 0.485 e. The van der Waals surface area contributed by atoms with Crippen LogP contribution in [0, 0.1) is 18.2 Å². The molecule has 2 aromatic carbocycles. The van der Waals surface area contributed by atoms with Gasteiger partial charge in [0, 0.05) is 11.1 Å². The summed E-state index contributed by atoms with van der Waals surface area (Å²) in [4.78, 5) is 11.8. The van der Waals surface area contributed by atoms with Gasteiger partial charge < -0.3 is 4.74 Å². The van der Waals surface area contributed by atoms with Crippen molar-refractivity contribution < 1.29 is 13.9 Å². The molecule has 2 aromatic rings. The molecule has 3 heteroatoms. The van der Waals surface area contributed by atoms with Gasteiger partial charge in [-0.05, 0) is 42.5 Å². The predicted octanol–water partition coefficient (Wildman–Crippen LogP) is 3.07. The van der Waals surface area contributed by atoms with Gasteiger partial charge in [-0.25, -0.2) is 4.39 Å². The van der Waals surface area contributed by atoms with Gasteiger partial charge in [-0.3, -0.25) is 4.79 Å². The van der Waals surface area contributed by atoms with Crippen LogP contribution in [-0.4, -0.2) is 12.4 Å². The molecule has 0 radical (unpaired) electrons. The van der Waals surface area contributed by atoms with Crippen LogP contribution in [0.1, 0.15) is 15.9 Å². The Balaban J connectivity index is 2.00. The van der Waals surface area contributed by atoms with Crippen molar-refractivity contribution in [2.45, 2.75) is 0 Å². The fourth-order valence-corrected chi connectivity index (χ4v) is 1.54. The molecule has 19 heavy (non-hydrogen) atoms. The van der Waals surface area contributed by atoms with Crippen LogP contribution in [0.3, 0.4) is 0 Å². The van der Waals surface area contributed by atoms with Crippen molar-refractivity contribution in [1.29, 1.82) is 0 Å². The van der Waals surface area contributed by atoms with E-state index in [0.717, 1.165) is 0 Å².